The molecule has 0 aromatic heterocycles. The maximum absolute atomic E-state index is 13.5. The molecule has 1 heterocycles. The van der Waals surface area contributed by atoms with Gasteiger partial charge in [-0.25, -0.2) is 9.80 Å². The number of rotatable bonds is 5. The number of benzene rings is 3. The number of hydrogen-bond donors (Lipinski definition) is 1. The number of carbonyl (C=O) groups is 2. The van der Waals surface area contributed by atoms with Gasteiger partial charge in [0, 0.05) is 23.1 Å². The van der Waals surface area contributed by atoms with Gasteiger partial charge < -0.3 is 10.1 Å². The first kappa shape index (κ1) is 22.0. The maximum Gasteiger partial charge on any atom is 0.336 e. The Morgan fingerprint density at radius 2 is 1.59 bits per heavy atom. The average Bonchev–Trinajstić information content (AvgIpc) is 3.20. The molecule has 0 bridgehead atoms. The summed E-state index contributed by atoms with van der Waals surface area (Å²) in [5.74, 6) is -0.360. The van der Waals surface area contributed by atoms with Crippen LogP contribution in [0.4, 0.5) is 10.5 Å². The van der Waals surface area contributed by atoms with E-state index in [1.165, 1.54) is 7.11 Å². The molecular formula is C25H24BrN3O3. The number of urea groups is 1. The zero-order chi connectivity index (χ0) is 22.5. The van der Waals surface area contributed by atoms with Gasteiger partial charge in [0.05, 0.1) is 13.2 Å². The molecule has 3 aromatic carbocycles. The van der Waals surface area contributed by atoms with Crippen LogP contribution in [0.15, 0.2) is 89.4 Å². The van der Waals surface area contributed by atoms with Crippen LogP contribution in [-0.4, -0.2) is 35.2 Å². The Morgan fingerprint density at radius 1 is 0.969 bits per heavy atom. The monoisotopic (exact) mass is 493 g/mol. The summed E-state index contributed by atoms with van der Waals surface area (Å²) in [4.78, 5) is 26.3. The number of esters is 1. The third-order valence-corrected chi connectivity index (χ3v) is 6.06. The number of nitrogens with one attached hydrogen (secondary N) is 1. The van der Waals surface area contributed by atoms with E-state index >= 15 is 0 Å². The van der Waals surface area contributed by atoms with Gasteiger partial charge in [-0.1, -0.05) is 76.6 Å². The summed E-state index contributed by atoms with van der Waals surface area (Å²) in [6.45, 7) is 0.400. The van der Waals surface area contributed by atoms with Crippen LogP contribution < -0.4 is 5.32 Å². The summed E-state index contributed by atoms with van der Waals surface area (Å²) in [6, 6.07) is 25.8. The molecule has 6 nitrogen and oxygen atoms in total. The molecule has 4 rings (SSSR count). The second-order valence-corrected chi connectivity index (χ2v) is 8.48. The highest BCUT2D eigenvalue weighted by Gasteiger charge is 2.46. The zero-order valence-corrected chi connectivity index (χ0v) is 19.2. The van der Waals surface area contributed by atoms with Crippen molar-refractivity contribution in [3.63, 3.8) is 0 Å². The summed E-state index contributed by atoms with van der Waals surface area (Å²) in [5.41, 5.74) is 2.63. The summed E-state index contributed by atoms with van der Waals surface area (Å²) in [6.07, 6.45) is 0.442. The zero-order valence-electron chi connectivity index (χ0n) is 17.6. The van der Waals surface area contributed by atoms with Crippen molar-refractivity contribution < 1.29 is 14.3 Å². The van der Waals surface area contributed by atoms with E-state index in [4.69, 9.17) is 4.74 Å². The Labute approximate surface area is 195 Å². The first-order valence-electron chi connectivity index (χ1n) is 10.4. The fourth-order valence-electron chi connectivity index (χ4n) is 4.00. The lowest BCUT2D eigenvalue weighted by Gasteiger charge is -2.34. The van der Waals surface area contributed by atoms with Crippen molar-refractivity contribution in [3.8, 4) is 0 Å². The minimum atomic E-state index is -0.582. The molecule has 2 atom stereocenters. The standard InChI is InChI=1S/C25H24BrN3O3/c1-32-24(30)23-16-22(19-10-6-3-7-11-19)29(28(23)17-18-8-4-2-5-9-18)25(31)27-21-14-12-20(26)13-15-21/h2-15,22-23H,16-17H2,1H3,(H,27,31)/t22-,23-/m1/s1. The Hall–Kier alpha value is -3.16. The molecule has 2 amide bonds. The third-order valence-electron chi connectivity index (χ3n) is 5.53. The van der Waals surface area contributed by atoms with E-state index in [-0.39, 0.29) is 18.0 Å². The van der Waals surface area contributed by atoms with Gasteiger partial charge in [-0.15, -0.1) is 0 Å². The van der Waals surface area contributed by atoms with Gasteiger partial charge in [0.15, 0.2) is 0 Å². The van der Waals surface area contributed by atoms with Crippen molar-refractivity contribution in [3.05, 3.63) is 101 Å². The Bertz CT molecular complexity index is 1060. The van der Waals surface area contributed by atoms with E-state index in [1.54, 1.807) is 5.01 Å². The average molecular weight is 494 g/mol. The van der Waals surface area contributed by atoms with Crippen LogP contribution in [0.5, 0.6) is 0 Å². The summed E-state index contributed by atoms with van der Waals surface area (Å²) in [7, 11) is 1.38. The number of methoxy groups -OCH3 is 1. The van der Waals surface area contributed by atoms with Crippen LogP contribution in [0.3, 0.4) is 0 Å². The number of hydrogen-bond acceptors (Lipinski definition) is 4. The molecule has 0 saturated carbocycles. The number of nitrogens with zero attached hydrogens (tertiary/aromatic N) is 2. The second kappa shape index (κ2) is 9.97. The Morgan fingerprint density at radius 3 is 2.22 bits per heavy atom. The highest BCUT2D eigenvalue weighted by molar-refractivity contribution is 9.10. The third kappa shape index (κ3) is 4.84. The topological polar surface area (TPSA) is 61.9 Å². The van der Waals surface area contributed by atoms with Crippen LogP contribution in [0.1, 0.15) is 23.6 Å². The number of hydrazine groups is 1. The molecule has 0 aliphatic carbocycles. The predicted molar refractivity (Wildman–Crippen MR) is 127 cm³/mol. The first-order chi connectivity index (χ1) is 15.6. The molecule has 1 aliphatic heterocycles. The number of carbonyl (C=O) groups excluding carboxylic acids is 2. The van der Waals surface area contributed by atoms with Crippen molar-refractivity contribution in [2.45, 2.75) is 25.0 Å². The van der Waals surface area contributed by atoms with Crippen molar-refractivity contribution in [2.75, 3.05) is 12.4 Å². The van der Waals surface area contributed by atoms with Gasteiger partial charge in [-0.3, -0.25) is 4.79 Å². The number of amides is 2. The van der Waals surface area contributed by atoms with Crippen LogP contribution in [0.25, 0.3) is 0 Å². The Balaban J connectivity index is 1.71. The molecule has 0 radical (unpaired) electrons. The molecule has 0 spiro atoms. The van der Waals surface area contributed by atoms with Gasteiger partial charge in [0.1, 0.15) is 6.04 Å². The minimum absolute atomic E-state index is 0.302. The quantitative estimate of drug-likeness (QED) is 0.484. The van der Waals surface area contributed by atoms with Gasteiger partial charge in [0.2, 0.25) is 0 Å². The van der Waals surface area contributed by atoms with E-state index in [2.05, 4.69) is 21.2 Å². The number of ether oxygens (including phenoxy) is 1. The van der Waals surface area contributed by atoms with Crippen molar-refractivity contribution in [2.24, 2.45) is 0 Å². The van der Waals surface area contributed by atoms with E-state index in [9.17, 15) is 9.59 Å². The Kier molecular flexibility index (Phi) is 6.87. The maximum atomic E-state index is 13.5. The van der Waals surface area contributed by atoms with Gasteiger partial charge >= 0.3 is 12.0 Å². The minimum Gasteiger partial charge on any atom is -0.468 e. The van der Waals surface area contributed by atoms with Gasteiger partial charge in [-0.05, 0) is 35.4 Å². The van der Waals surface area contributed by atoms with Gasteiger partial charge in [-0.2, -0.15) is 5.01 Å². The van der Waals surface area contributed by atoms with E-state index in [0.717, 1.165) is 15.6 Å². The van der Waals surface area contributed by atoms with Crippen molar-refractivity contribution in [1.82, 2.24) is 10.0 Å². The van der Waals surface area contributed by atoms with Crippen LogP contribution in [0.2, 0.25) is 0 Å². The molecule has 3 aromatic rings. The second-order valence-electron chi connectivity index (χ2n) is 7.57. The molecule has 164 valence electrons. The lowest BCUT2D eigenvalue weighted by molar-refractivity contribution is -0.149. The van der Waals surface area contributed by atoms with Crippen LogP contribution >= 0.6 is 15.9 Å². The summed E-state index contributed by atoms with van der Waals surface area (Å²) >= 11 is 3.41. The van der Waals surface area contributed by atoms with Crippen molar-refractivity contribution >= 4 is 33.6 Å². The molecule has 1 N–H and O–H groups in total. The molecule has 7 heteroatoms. The molecule has 1 saturated heterocycles. The molecule has 0 unspecified atom stereocenters. The highest BCUT2D eigenvalue weighted by atomic mass is 79.9. The molecule has 1 aliphatic rings. The summed E-state index contributed by atoms with van der Waals surface area (Å²) in [5, 5.41) is 6.45. The van der Waals surface area contributed by atoms with E-state index in [0.29, 0.717) is 18.7 Å². The van der Waals surface area contributed by atoms with E-state index < -0.39 is 6.04 Å². The lowest BCUT2D eigenvalue weighted by Crippen LogP contribution is -2.49. The highest BCUT2D eigenvalue weighted by Crippen LogP contribution is 2.38. The number of halogens is 1. The normalized spacial score (nSPS) is 18.4. The molecule has 32 heavy (non-hydrogen) atoms. The first-order valence-corrected chi connectivity index (χ1v) is 11.1. The fourth-order valence-corrected chi connectivity index (χ4v) is 4.26. The number of anilines is 1. The molecular weight excluding hydrogens is 470 g/mol. The smallest absolute Gasteiger partial charge is 0.336 e. The predicted octanol–water partition coefficient (Wildman–Crippen LogP) is 5.39. The lowest BCUT2D eigenvalue weighted by atomic mass is 10.0. The summed E-state index contributed by atoms with van der Waals surface area (Å²) < 4.78 is 6.03. The van der Waals surface area contributed by atoms with Crippen LogP contribution in [-0.2, 0) is 16.1 Å². The SMILES string of the molecule is COC(=O)[C@H]1C[C@H](c2ccccc2)N(C(=O)Nc2ccc(Br)cc2)N1Cc1ccccc1. The largest absolute Gasteiger partial charge is 0.468 e. The fraction of sp³-hybridized carbons (Fsp3) is 0.200. The van der Waals surface area contributed by atoms with E-state index in [1.807, 2.05) is 89.9 Å². The van der Waals surface area contributed by atoms with Crippen LogP contribution in [0, 0.1) is 0 Å². The van der Waals surface area contributed by atoms with Gasteiger partial charge in [0.25, 0.3) is 0 Å². The molecule has 1 fully saturated rings. The van der Waals surface area contributed by atoms with Crippen molar-refractivity contribution in [1.29, 1.82) is 0 Å².